The van der Waals surface area contributed by atoms with Crippen molar-refractivity contribution in [2.45, 2.75) is 51.7 Å². The van der Waals surface area contributed by atoms with E-state index in [4.69, 9.17) is 21.7 Å². The van der Waals surface area contributed by atoms with Gasteiger partial charge in [0.15, 0.2) is 5.13 Å². The topological polar surface area (TPSA) is 115 Å². The van der Waals surface area contributed by atoms with Crippen LogP contribution in [-0.4, -0.2) is 86.5 Å². The molecule has 13 heteroatoms. The number of carboxylic acid groups (broad SMARTS) is 1. The van der Waals surface area contributed by atoms with E-state index in [1.165, 1.54) is 30.4 Å². The number of anilines is 2. The monoisotopic (exact) mass is 589 g/mol. The molecule has 1 amide bonds. The van der Waals surface area contributed by atoms with Crippen LogP contribution in [0.2, 0.25) is 5.02 Å². The molecule has 5 heterocycles. The van der Waals surface area contributed by atoms with Crippen LogP contribution in [0.5, 0.6) is 0 Å². The van der Waals surface area contributed by atoms with Crippen molar-refractivity contribution in [3.05, 3.63) is 39.4 Å². The van der Waals surface area contributed by atoms with Gasteiger partial charge in [0.1, 0.15) is 11.5 Å². The molecule has 0 saturated carbocycles. The number of thiophene rings is 1. The van der Waals surface area contributed by atoms with Crippen molar-refractivity contribution in [1.82, 2.24) is 24.8 Å². The predicted molar refractivity (Wildman–Crippen MR) is 155 cm³/mol. The van der Waals surface area contributed by atoms with Gasteiger partial charge in [-0.15, -0.1) is 11.3 Å². The molecule has 3 aromatic rings. The second-order valence-corrected chi connectivity index (χ2v) is 12.5. The van der Waals surface area contributed by atoms with Gasteiger partial charge in [-0.2, -0.15) is 0 Å². The number of amides is 1. The van der Waals surface area contributed by atoms with Gasteiger partial charge in [0.2, 0.25) is 0 Å². The van der Waals surface area contributed by atoms with Crippen LogP contribution in [-0.2, 0) is 11.3 Å². The van der Waals surface area contributed by atoms with Gasteiger partial charge in [0, 0.05) is 55.1 Å². The number of carbonyl (C=O) groups is 2. The Hall–Kier alpha value is -2.64. The van der Waals surface area contributed by atoms with Crippen LogP contribution in [0.4, 0.5) is 10.9 Å². The summed E-state index contributed by atoms with van der Waals surface area (Å²) in [6.07, 6.45) is 5.63. The van der Waals surface area contributed by atoms with Crippen molar-refractivity contribution in [2.24, 2.45) is 0 Å². The third-order valence-electron chi connectivity index (χ3n) is 7.33. The fraction of sp³-hybridized carbons (Fsp3) is 0.500. The van der Waals surface area contributed by atoms with Crippen molar-refractivity contribution < 1.29 is 14.7 Å². The lowest BCUT2D eigenvalue weighted by Gasteiger charge is -2.40. The normalized spacial score (nSPS) is 20.4. The molecule has 0 unspecified atom stereocenters. The Labute approximate surface area is 240 Å². The van der Waals surface area contributed by atoms with Crippen LogP contribution in [0.15, 0.2) is 23.8 Å². The number of hydrogen-bond acceptors (Lipinski definition) is 10. The Morgan fingerprint density at radius 1 is 1.15 bits per heavy atom. The highest BCUT2D eigenvalue weighted by atomic mass is 35.5. The van der Waals surface area contributed by atoms with Crippen LogP contribution in [0, 0.1) is 0 Å². The highest BCUT2D eigenvalue weighted by Crippen LogP contribution is 2.37. The van der Waals surface area contributed by atoms with Gasteiger partial charge in [-0.05, 0) is 39.3 Å². The number of carboxylic acids is 1. The average molecular weight is 590 g/mol. The lowest BCUT2D eigenvalue weighted by molar-refractivity contribution is -0.137. The van der Waals surface area contributed by atoms with Gasteiger partial charge in [0.05, 0.1) is 34.4 Å². The number of thiazole rings is 1. The molecule has 5 rings (SSSR count). The second-order valence-electron chi connectivity index (χ2n) is 10.1. The fourth-order valence-corrected chi connectivity index (χ4v) is 7.24. The predicted octanol–water partition coefficient (Wildman–Crippen LogP) is 4.54. The maximum atomic E-state index is 13.0. The van der Waals surface area contributed by atoms with E-state index in [-0.39, 0.29) is 24.1 Å². The Morgan fingerprint density at radius 2 is 2.00 bits per heavy atom. The maximum absolute atomic E-state index is 13.0. The number of halogens is 1. The summed E-state index contributed by atoms with van der Waals surface area (Å²) < 4.78 is 0. The number of likely N-dealkylation sites (tertiary alicyclic amines) is 1. The van der Waals surface area contributed by atoms with E-state index in [1.54, 1.807) is 17.5 Å². The maximum Gasteiger partial charge on any atom is 0.304 e. The summed E-state index contributed by atoms with van der Waals surface area (Å²) in [7, 11) is 0. The minimum absolute atomic E-state index is 0.133. The van der Waals surface area contributed by atoms with Gasteiger partial charge >= 0.3 is 5.97 Å². The second kappa shape index (κ2) is 12.3. The van der Waals surface area contributed by atoms with Crippen LogP contribution in [0.1, 0.15) is 48.5 Å². The lowest BCUT2D eigenvalue weighted by Crippen LogP contribution is -2.52. The third-order valence-corrected chi connectivity index (χ3v) is 9.57. The minimum atomic E-state index is -0.785. The average Bonchev–Trinajstić information content (AvgIpc) is 3.63. The fourth-order valence-electron chi connectivity index (χ4n) is 5.09. The zero-order valence-electron chi connectivity index (χ0n) is 22.0. The summed E-state index contributed by atoms with van der Waals surface area (Å²) in [5.41, 5.74) is 1.09. The van der Waals surface area contributed by atoms with Gasteiger partial charge in [-0.1, -0.05) is 22.9 Å². The van der Waals surface area contributed by atoms with E-state index in [2.05, 4.69) is 43.8 Å². The molecule has 2 atom stereocenters. The molecule has 0 spiro atoms. The molecule has 0 aromatic carbocycles. The Balaban J connectivity index is 1.25. The van der Waals surface area contributed by atoms with Crippen molar-refractivity contribution in [3.8, 4) is 10.6 Å². The number of aliphatic carboxylic acids is 1. The van der Waals surface area contributed by atoms with Crippen molar-refractivity contribution in [2.75, 3.05) is 42.9 Å². The zero-order valence-corrected chi connectivity index (χ0v) is 24.4. The van der Waals surface area contributed by atoms with E-state index in [1.807, 2.05) is 11.4 Å². The number of hydrogen-bond donors (Lipinski definition) is 2. The van der Waals surface area contributed by atoms with E-state index >= 15 is 0 Å². The standard InChI is InChI=1S/C26H32ClN7O3S2/c1-16-4-3-6-33(16)14-21-24(20-10-18(27)15-38-20)30-26(39-21)31-25(37)19-11-29-22(12-28-19)34-9-8-32(17(2)13-34)7-5-23(35)36/h10-12,15-17H,3-9,13-14H2,1-2H3,(H,35,36)(H,30,31,37)/t16-,17-/m1/s1. The van der Waals surface area contributed by atoms with E-state index < -0.39 is 5.97 Å². The quantitative estimate of drug-likeness (QED) is 0.371. The number of rotatable bonds is 9. The molecule has 39 heavy (non-hydrogen) atoms. The molecule has 208 valence electrons. The van der Waals surface area contributed by atoms with Crippen molar-refractivity contribution in [1.29, 1.82) is 0 Å². The van der Waals surface area contributed by atoms with Crippen molar-refractivity contribution in [3.63, 3.8) is 0 Å². The van der Waals surface area contributed by atoms with Crippen LogP contribution in [0.25, 0.3) is 10.6 Å². The first kappa shape index (κ1) is 27.9. The zero-order chi connectivity index (χ0) is 27.5. The number of nitrogens with zero attached hydrogens (tertiary/aromatic N) is 6. The molecule has 0 radical (unpaired) electrons. The van der Waals surface area contributed by atoms with Gasteiger partial charge in [0.25, 0.3) is 5.91 Å². The first-order chi connectivity index (χ1) is 18.8. The number of nitrogens with one attached hydrogen (secondary N) is 1. The first-order valence-electron chi connectivity index (χ1n) is 13.1. The van der Waals surface area contributed by atoms with Gasteiger partial charge < -0.3 is 10.0 Å². The van der Waals surface area contributed by atoms with Crippen molar-refractivity contribution >= 4 is 57.1 Å². The van der Waals surface area contributed by atoms with Crippen LogP contribution < -0.4 is 10.2 Å². The summed E-state index contributed by atoms with van der Waals surface area (Å²) in [6, 6.07) is 2.63. The summed E-state index contributed by atoms with van der Waals surface area (Å²) in [5.74, 6) is -0.442. The molecule has 10 nitrogen and oxygen atoms in total. The number of carbonyl (C=O) groups excluding carboxylic acids is 1. The largest absolute Gasteiger partial charge is 0.481 e. The minimum Gasteiger partial charge on any atom is -0.481 e. The first-order valence-corrected chi connectivity index (χ1v) is 15.2. The molecular weight excluding hydrogens is 558 g/mol. The molecule has 0 aliphatic carbocycles. The molecule has 2 saturated heterocycles. The highest BCUT2D eigenvalue weighted by molar-refractivity contribution is 7.17. The molecule has 2 aliphatic heterocycles. The third kappa shape index (κ3) is 6.75. The summed E-state index contributed by atoms with van der Waals surface area (Å²) in [6.45, 7) is 8.89. The summed E-state index contributed by atoms with van der Waals surface area (Å²) in [4.78, 5) is 46.4. The lowest BCUT2D eigenvalue weighted by atomic mass is 10.2. The van der Waals surface area contributed by atoms with E-state index in [0.29, 0.717) is 35.1 Å². The molecular formula is C26H32ClN7O3S2. The smallest absolute Gasteiger partial charge is 0.304 e. The van der Waals surface area contributed by atoms with E-state index in [9.17, 15) is 9.59 Å². The molecule has 2 N–H and O–H groups in total. The van der Waals surface area contributed by atoms with E-state index in [0.717, 1.165) is 41.6 Å². The number of aromatic nitrogens is 3. The van der Waals surface area contributed by atoms with Crippen LogP contribution >= 0.6 is 34.3 Å². The van der Waals surface area contributed by atoms with Crippen LogP contribution in [0.3, 0.4) is 0 Å². The molecule has 2 fully saturated rings. The van der Waals surface area contributed by atoms with Gasteiger partial charge in [-0.3, -0.25) is 24.7 Å². The summed E-state index contributed by atoms with van der Waals surface area (Å²) >= 11 is 9.24. The Kier molecular flexibility index (Phi) is 8.77. The number of piperazine rings is 1. The summed E-state index contributed by atoms with van der Waals surface area (Å²) in [5, 5.41) is 15.0. The van der Waals surface area contributed by atoms with Gasteiger partial charge in [-0.25, -0.2) is 15.0 Å². The molecule has 2 aliphatic rings. The Bertz CT molecular complexity index is 1320. The SMILES string of the molecule is C[C@@H]1CN(c2cnc(C(=O)Nc3nc(-c4cc(Cl)cs4)c(CN4CCC[C@H]4C)s3)cn2)CCN1CCC(=O)O. The molecule has 0 bridgehead atoms. The molecule has 3 aromatic heterocycles. The Morgan fingerprint density at radius 3 is 2.64 bits per heavy atom. The highest BCUT2D eigenvalue weighted by Gasteiger charge is 2.26.